The zero-order chi connectivity index (χ0) is 11.3. The summed E-state index contributed by atoms with van der Waals surface area (Å²) >= 11 is 7.58. The number of thiazole rings is 1. The number of nitrogens with two attached hydrogens (primary N) is 1. The lowest BCUT2D eigenvalue weighted by Crippen LogP contribution is -2.04. The third kappa shape index (κ3) is 2.02. The molecule has 2 N–H and O–H groups in total. The van der Waals surface area contributed by atoms with E-state index in [-0.39, 0.29) is 18.4 Å². The van der Waals surface area contributed by atoms with E-state index in [4.69, 9.17) is 17.3 Å². The maximum absolute atomic E-state index is 5.95. The number of fused-ring (bicyclic) bond motifs is 3. The van der Waals surface area contributed by atoms with E-state index in [9.17, 15) is 0 Å². The zero-order valence-corrected chi connectivity index (χ0v) is 11.4. The first kappa shape index (κ1) is 12.6. The molecule has 0 aliphatic heterocycles. The number of benzene rings is 1. The summed E-state index contributed by atoms with van der Waals surface area (Å²) in [5.74, 6) is 0. The number of rotatable bonds is 1. The van der Waals surface area contributed by atoms with E-state index in [1.807, 2.05) is 31.3 Å². The first-order chi connectivity index (χ1) is 7.65. The third-order valence-electron chi connectivity index (χ3n) is 2.54. The van der Waals surface area contributed by atoms with Crippen molar-refractivity contribution in [2.75, 3.05) is 0 Å². The zero-order valence-electron chi connectivity index (χ0n) is 9.05. The minimum absolute atomic E-state index is 0. The second-order valence-electron chi connectivity index (χ2n) is 3.82. The summed E-state index contributed by atoms with van der Waals surface area (Å²) in [5.41, 5.74) is 7.86. The van der Waals surface area contributed by atoms with Gasteiger partial charge >= 0.3 is 0 Å². The summed E-state index contributed by atoms with van der Waals surface area (Å²) < 4.78 is 3.21. The van der Waals surface area contributed by atoms with Crippen LogP contribution in [0.2, 0.25) is 5.02 Å². The summed E-state index contributed by atoms with van der Waals surface area (Å²) in [6.45, 7) is 1.94. The maximum atomic E-state index is 5.95. The monoisotopic (exact) mass is 287 g/mol. The fourth-order valence-corrected chi connectivity index (χ4v) is 3.00. The van der Waals surface area contributed by atoms with E-state index in [0.29, 0.717) is 0 Å². The van der Waals surface area contributed by atoms with Crippen LogP contribution in [-0.2, 0) is 0 Å². The van der Waals surface area contributed by atoms with Crippen LogP contribution in [0.4, 0.5) is 0 Å². The Labute approximate surface area is 114 Å². The molecule has 1 atom stereocenters. The number of halogens is 2. The molecule has 6 heteroatoms. The fraction of sp³-hybridized carbons (Fsp3) is 0.182. The van der Waals surface area contributed by atoms with Gasteiger partial charge in [-0.05, 0) is 25.1 Å². The van der Waals surface area contributed by atoms with Gasteiger partial charge in [0.2, 0.25) is 0 Å². The minimum Gasteiger partial charge on any atom is -0.323 e. The van der Waals surface area contributed by atoms with Gasteiger partial charge in [-0.25, -0.2) is 4.98 Å². The molecule has 3 aromatic rings. The highest BCUT2D eigenvalue weighted by molar-refractivity contribution is 7.23. The quantitative estimate of drug-likeness (QED) is 0.743. The molecule has 2 aromatic heterocycles. The second-order valence-corrected chi connectivity index (χ2v) is 5.27. The molecular weight excluding hydrogens is 277 g/mol. The molecule has 1 unspecified atom stereocenters. The van der Waals surface area contributed by atoms with Gasteiger partial charge in [0.15, 0.2) is 4.96 Å². The average Bonchev–Trinajstić information content (AvgIpc) is 2.73. The van der Waals surface area contributed by atoms with E-state index in [1.54, 1.807) is 11.3 Å². The van der Waals surface area contributed by atoms with Crippen molar-refractivity contribution in [3.05, 3.63) is 35.1 Å². The smallest absolute Gasteiger partial charge is 0.195 e. The van der Waals surface area contributed by atoms with Crippen molar-refractivity contribution in [3.8, 4) is 0 Å². The molecule has 0 saturated carbocycles. The number of hydrogen-bond acceptors (Lipinski definition) is 3. The van der Waals surface area contributed by atoms with Crippen molar-refractivity contribution in [2.24, 2.45) is 5.73 Å². The Morgan fingerprint density at radius 1 is 1.47 bits per heavy atom. The predicted octanol–water partition coefficient (Wildman–Crippen LogP) is 3.64. The summed E-state index contributed by atoms with van der Waals surface area (Å²) in [6, 6.07) is 5.83. The largest absolute Gasteiger partial charge is 0.323 e. The fourth-order valence-electron chi connectivity index (χ4n) is 1.71. The van der Waals surface area contributed by atoms with Gasteiger partial charge in [-0.1, -0.05) is 22.9 Å². The van der Waals surface area contributed by atoms with E-state index in [0.717, 1.165) is 25.9 Å². The molecule has 0 saturated heterocycles. The van der Waals surface area contributed by atoms with Crippen molar-refractivity contribution in [2.45, 2.75) is 13.0 Å². The topological polar surface area (TPSA) is 43.3 Å². The normalized spacial score (nSPS) is 12.9. The Morgan fingerprint density at radius 3 is 2.94 bits per heavy atom. The van der Waals surface area contributed by atoms with Gasteiger partial charge in [-0.3, -0.25) is 4.40 Å². The number of imidazole rings is 1. The first-order valence-electron chi connectivity index (χ1n) is 4.98. The van der Waals surface area contributed by atoms with Crippen LogP contribution in [0.1, 0.15) is 18.7 Å². The molecule has 0 radical (unpaired) electrons. The SMILES string of the molecule is CC(N)c1cn2c(n1)sc1cc(Cl)ccc12.Cl. The molecule has 0 bridgehead atoms. The van der Waals surface area contributed by atoms with Gasteiger partial charge in [0, 0.05) is 17.3 Å². The summed E-state index contributed by atoms with van der Waals surface area (Å²) in [5, 5.41) is 0.754. The molecule has 0 aliphatic carbocycles. The van der Waals surface area contributed by atoms with Crippen LogP contribution in [0.15, 0.2) is 24.4 Å². The lowest BCUT2D eigenvalue weighted by Gasteiger charge is -1.97. The van der Waals surface area contributed by atoms with Crippen LogP contribution < -0.4 is 5.73 Å². The molecule has 0 amide bonds. The number of aromatic nitrogens is 2. The molecule has 0 fully saturated rings. The van der Waals surface area contributed by atoms with Gasteiger partial charge in [-0.15, -0.1) is 12.4 Å². The third-order valence-corrected chi connectivity index (χ3v) is 3.79. The standard InChI is InChI=1S/C11H10ClN3S.ClH/c1-6(13)8-5-15-9-3-2-7(12)4-10(9)16-11(15)14-8;/h2-6H,13H2,1H3;1H. The van der Waals surface area contributed by atoms with E-state index in [2.05, 4.69) is 9.38 Å². The Hall–Kier alpha value is -0.810. The van der Waals surface area contributed by atoms with Crippen molar-refractivity contribution < 1.29 is 0 Å². The van der Waals surface area contributed by atoms with Gasteiger partial charge in [-0.2, -0.15) is 0 Å². The van der Waals surface area contributed by atoms with Crippen LogP contribution in [0, 0.1) is 0 Å². The molecule has 3 rings (SSSR count). The molecule has 1 aromatic carbocycles. The lowest BCUT2D eigenvalue weighted by atomic mass is 10.3. The molecular formula is C11H11Cl2N3S. The van der Waals surface area contributed by atoms with Crippen LogP contribution in [0.25, 0.3) is 15.2 Å². The molecule has 90 valence electrons. The molecule has 0 aliphatic rings. The number of hydrogen-bond donors (Lipinski definition) is 1. The molecule has 2 heterocycles. The second kappa shape index (κ2) is 4.46. The van der Waals surface area contributed by atoms with E-state index >= 15 is 0 Å². The molecule has 0 spiro atoms. The van der Waals surface area contributed by atoms with Crippen molar-refractivity contribution in [1.82, 2.24) is 9.38 Å². The van der Waals surface area contributed by atoms with Gasteiger partial charge in [0.25, 0.3) is 0 Å². The Balaban J connectivity index is 0.00000108. The van der Waals surface area contributed by atoms with Crippen LogP contribution in [-0.4, -0.2) is 9.38 Å². The summed E-state index contributed by atoms with van der Waals surface area (Å²) in [6.07, 6.45) is 1.99. The van der Waals surface area contributed by atoms with Crippen LogP contribution in [0.3, 0.4) is 0 Å². The van der Waals surface area contributed by atoms with Gasteiger partial charge < -0.3 is 5.73 Å². The predicted molar refractivity (Wildman–Crippen MR) is 75.4 cm³/mol. The highest BCUT2D eigenvalue weighted by Crippen LogP contribution is 2.29. The highest BCUT2D eigenvalue weighted by Gasteiger charge is 2.10. The lowest BCUT2D eigenvalue weighted by molar-refractivity contribution is 0.790. The van der Waals surface area contributed by atoms with Gasteiger partial charge in [0.1, 0.15) is 0 Å². The van der Waals surface area contributed by atoms with Crippen molar-refractivity contribution in [1.29, 1.82) is 0 Å². The van der Waals surface area contributed by atoms with Gasteiger partial charge in [0.05, 0.1) is 15.9 Å². The highest BCUT2D eigenvalue weighted by atomic mass is 35.5. The molecule has 3 nitrogen and oxygen atoms in total. The van der Waals surface area contributed by atoms with E-state index in [1.165, 1.54) is 0 Å². The van der Waals surface area contributed by atoms with Crippen molar-refractivity contribution >= 4 is 50.5 Å². The average molecular weight is 288 g/mol. The summed E-state index contributed by atoms with van der Waals surface area (Å²) in [4.78, 5) is 5.46. The maximum Gasteiger partial charge on any atom is 0.195 e. The number of nitrogens with zero attached hydrogens (tertiary/aromatic N) is 2. The Morgan fingerprint density at radius 2 is 2.24 bits per heavy atom. The van der Waals surface area contributed by atoms with Crippen molar-refractivity contribution in [3.63, 3.8) is 0 Å². The van der Waals surface area contributed by atoms with E-state index < -0.39 is 0 Å². The molecule has 17 heavy (non-hydrogen) atoms. The van der Waals surface area contributed by atoms with Crippen LogP contribution in [0.5, 0.6) is 0 Å². The minimum atomic E-state index is -0.0329. The first-order valence-corrected chi connectivity index (χ1v) is 6.17. The van der Waals surface area contributed by atoms with Crippen LogP contribution >= 0.6 is 35.3 Å². The Bertz CT molecular complexity index is 672. The summed E-state index contributed by atoms with van der Waals surface area (Å²) in [7, 11) is 0. The Kier molecular flexibility index (Phi) is 3.32.